The molecule has 108 valence electrons. The lowest BCUT2D eigenvalue weighted by molar-refractivity contribution is -0.142. The van der Waals surface area contributed by atoms with Crippen LogP contribution < -0.4 is 4.74 Å². The SMILES string of the molecule is Cc1cccc(O[C@H](C)C(=O)N2CC[C@@H](C(=O)O)C2)c1. The number of hydrogen-bond acceptors (Lipinski definition) is 3. The van der Waals surface area contributed by atoms with Gasteiger partial charge in [0.1, 0.15) is 5.75 Å². The highest BCUT2D eigenvalue weighted by Gasteiger charge is 2.33. The van der Waals surface area contributed by atoms with Gasteiger partial charge in [-0.25, -0.2) is 0 Å². The number of ether oxygens (including phenoxy) is 1. The Kier molecular flexibility index (Phi) is 4.27. The van der Waals surface area contributed by atoms with E-state index in [1.807, 2.05) is 25.1 Å². The summed E-state index contributed by atoms with van der Waals surface area (Å²) >= 11 is 0. The predicted octanol–water partition coefficient (Wildman–Crippen LogP) is 1.70. The molecule has 5 nitrogen and oxygen atoms in total. The molecule has 0 radical (unpaired) electrons. The van der Waals surface area contributed by atoms with E-state index in [-0.39, 0.29) is 12.5 Å². The van der Waals surface area contributed by atoms with Gasteiger partial charge >= 0.3 is 5.97 Å². The van der Waals surface area contributed by atoms with Crippen molar-refractivity contribution in [3.63, 3.8) is 0 Å². The van der Waals surface area contributed by atoms with Gasteiger partial charge in [-0.2, -0.15) is 0 Å². The van der Waals surface area contributed by atoms with Crippen LogP contribution in [0.4, 0.5) is 0 Å². The van der Waals surface area contributed by atoms with Crippen LogP contribution in [0.25, 0.3) is 0 Å². The van der Waals surface area contributed by atoms with Gasteiger partial charge in [-0.1, -0.05) is 12.1 Å². The molecule has 0 saturated carbocycles. The molecule has 0 aliphatic carbocycles. The van der Waals surface area contributed by atoms with E-state index in [1.54, 1.807) is 17.9 Å². The van der Waals surface area contributed by atoms with Crippen LogP contribution in [0.3, 0.4) is 0 Å². The van der Waals surface area contributed by atoms with Crippen molar-refractivity contribution in [2.24, 2.45) is 5.92 Å². The molecule has 2 atom stereocenters. The van der Waals surface area contributed by atoms with Gasteiger partial charge in [-0.05, 0) is 38.0 Å². The van der Waals surface area contributed by atoms with Crippen molar-refractivity contribution in [2.45, 2.75) is 26.4 Å². The smallest absolute Gasteiger partial charge is 0.308 e. The largest absolute Gasteiger partial charge is 0.481 e. The van der Waals surface area contributed by atoms with Gasteiger partial charge in [0.05, 0.1) is 5.92 Å². The zero-order valence-corrected chi connectivity index (χ0v) is 11.7. The van der Waals surface area contributed by atoms with Crippen LogP contribution in [0.2, 0.25) is 0 Å². The number of likely N-dealkylation sites (tertiary alicyclic amines) is 1. The second-order valence-electron chi connectivity index (χ2n) is 5.18. The predicted molar refractivity (Wildman–Crippen MR) is 73.6 cm³/mol. The van der Waals surface area contributed by atoms with Crippen LogP contribution in [0.5, 0.6) is 5.75 Å². The second-order valence-corrected chi connectivity index (χ2v) is 5.18. The van der Waals surface area contributed by atoms with Crippen LogP contribution in [-0.2, 0) is 9.59 Å². The molecule has 0 aromatic heterocycles. The van der Waals surface area contributed by atoms with Crippen molar-refractivity contribution >= 4 is 11.9 Å². The number of carbonyl (C=O) groups excluding carboxylic acids is 1. The highest BCUT2D eigenvalue weighted by atomic mass is 16.5. The zero-order valence-electron chi connectivity index (χ0n) is 11.7. The maximum absolute atomic E-state index is 12.2. The number of hydrogen-bond donors (Lipinski definition) is 1. The Morgan fingerprint density at radius 1 is 1.45 bits per heavy atom. The highest BCUT2D eigenvalue weighted by Crippen LogP contribution is 2.19. The summed E-state index contributed by atoms with van der Waals surface area (Å²) < 4.78 is 5.63. The van der Waals surface area contributed by atoms with Crippen molar-refractivity contribution in [1.29, 1.82) is 0 Å². The van der Waals surface area contributed by atoms with E-state index in [4.69, 9.17) is 9.84 Å². The molecule has 0 unspecified atom stereocenters. The molecule has 0 bridgehead atoms. The molecular weight excluding hydrogens is 258 g/mol. The number of aryl methyl sites for hydroxylation is 1. The Hall–Kier alpha value is -2.04. The van der Waals surface area contributed by atoms with Crippen LogP contribution in [-0.4, -0.2) is 41.1 Å². The van der Waals surface area contributed by atoms with Crippen molar-refractivity contribution in [3.05, 3.63) is 29.8 Å². The summed E-state index contributed by atoms with van der Waals surface area (Å²) in [4.78, 5) is 24.7. The van der Waals surface area contributed by atoms with Crippen LogP contribution >= 0.6 is 0 Å². The molecule has 1 heterocycles. The quantitative estimate of drug-likeness (QED) is 0.909. The van der Waals surface area contributed by atoms with Gasteiger partial charge in [0.25, 0.3) is 5.91 Å². The summed E-state index contributed by atoms with van der Waals surface area (Å²) in [5.41, 5.74) is 1.06. The molecule has 1 aromatic carbocycles. The number of benzene rings is 1. The monoisotopic (exact) mass is 277 g/mol. The Morgan fingerprint density at radius 3 is 2.80 bits per heavy atom. The van der Waals surface area contributed by atoms with Crippen LogP contribution in [0, 0.1) is 12.8 Å². The lowest BCUT2D eigenvalue weighted by Crippen LogP contribution is -2.39. The first-order chi connectivity index (χ1) is 9.47. The second kappa shape index (κ2) is 5.94. The van der Waals surface area contributed by atoms with E-state index in [0.29, 0.717) is 18.7 Å². The van der Waals surface area contributed by atoms with Crippen LogP contribution in [0.15, 0.2) is 24.3 Å². The summed E-state index contributed by atoms with van der Waals surface area (Å²) in [5, 5.41) is 8.95. The average molecular weight is 277 g/mol. The molecule has 5 heteroatoms. The Labute approximate surface area is 118 Å². The molecular formula is C15H19NO4. The minimum absolute atomic E-state index is 0.157. The first-order valence-corrected chi connectivity index (χ1v) is 6.72. The van der Waals surface area contributed by atoms with Gasteiger partial charge in [-0.3, -0.25) is 9.59 Å². The van der Waals surface area contributed by atoms with Gasteiger partial charge in [0.15, 0.2) is 6.10 Å². The molecule has 1 aliphatic heterocycles. The van der Waals surface area contributed by atoms with Gasteiger partial charge in [0, 0.05) is 13.1 Å². The van der Waals surface area contributed by atoms with E-state index >= 15 is 0 Å². The van der Waals surface area contributed by atoms with E-state index < -0.39 is 18.0 Å². The normalized spacial score (nSPS) is 19.7. The fourth-order valence-electron chi connectivity index (χ4n) is 2.36. The van der Waals surface area contributed by atoms with E-state index in [0.717, 1.165) is 5.56 Å². The fraction of sp³-hybridized carbons (Fsp3) is 0.467. The standard InChI is InChI=1S/C15H19NO4/c1-10-4-3-5-13(8-10)20-11(2)14(17)16-7-6-12(9-16)15(18)19/h3-5,8,11-12H,6-7,9H2,1-2H3,(H,18,19)/t11-,12-/m1/s1. The van der Waals surface area contributed by atoms with Crippen LogP contribution in [0.1, 0.15) is 18.9 Å². The first kappa shape index (κ1) is 14.4. The first-order valence-electron chi connectivity index (χ1n) is 6.72. The maximum Gasteiger partial charge on any atom is 0.308 e. The molecule has 2 rings (SSSR count). The topological polar surface area (TPSA) is 66.8 Å². The summed E-state index contributed by atoms with van der Waals surface area (Å²) in [6.45, 7) is 4.41. The molecule has 0 spiro atoms. The van der Waals surface area contributed by atoms with E-state index in [9.17, 15) is 9.59 Å². The third kappa shape index (κ3) is 3.29. The summed E-state index contributed by atoms with van der Waals surface area (Å²) in [6, 6.07) is 7.50. The summed E-state index contributed by atoms with van der Waals surface area (Å²) in [7, 11) is 0. The molecule has 1 aliphatic rings. The lowest BCUT2D eigenvalue weighted by atomic mass is 10.1. The lowest BCUT2D eigenvalue weighted by Gasteiger charge is -2.21. The van der Waals surface area contributed by atoms with Crippen molar-refractivity contribution in [3.8, 4) is 5.75 Å². The average Bonchev–Trinajstić information content (AvgIpc) is 2.87. The number of amides is 1. The van der Waals surface area contributed by atoms with Gasteiger partial charge in [-0.15, -0.1) is 0 Å². The minimum Gasteiger partial charge on any atom is -0.481 e. The van der Waals surface area contributed by atoms with Crippen molar-refractivity contribution < 1.29 is 19.4 Å². The number of aliphatic carboxylic acids is 1. The Bertz CT molecular complexity index is 514. The van der Waals surface area contributed by atoms with Crippen molar-refractivity contribution in [2.75, 3.05) is 13.1 Å². The molecule has 1 fully saturated rings. The van der Waals surface area contributed by atoms with Crippen molar-refractivity contribution in [1.82, 2.24) is 4.90 Å². The summed E-state index contributed by atoms with van der Waals surface area (Å²) in [5.74, 6) is -0.798. The highest BCUT2D eigenvalue weighted by molar-refractivity contribution is 5.82. The molecule has 20 heavy (non-hydrogen) atoms. The minimum atomic E-state index is -0.840. The van der Waals surface area contributed by atoms with Gasteiger partial charge in [0.2, 0.25) is 0 Å². The zero-order chi connectivity index (χ0) is 14.7. The Morgan fingerprint density at radius 2 is 2.20 bits per heavy atom. The maximum atomic E-state index is 12.2. The number of carboxylic acids is 1. The molecule has 1 N–H and O–H groups in total. The van der Waals surface area contributed by atoms with E-state index in [2.05, 4.69) is 0 Å². The van der Waals surface area contributed by atoms with Gasteiger partial charge < -0.3 is 14.7 Å². The molecule has 1 amide bonds. The summed E-state index contributed by atoms with van der Waals surface area (Å²) in [6.07, 6.45) is -0.0949. The fourth-order valence-corrected chi connectivity index (χ4v) is 2.36. The molecule has 1 aromatic rings. The molecule has 1 saturated heterocycles. The number of nitrogens with zero attached hydrogens (tertiary/aromatic N) is 1. The number of carbonyl (C=O) groups is 2. The van der Waals surface area contributed by atoms with E-state index in [1.165, 1.54) is 0 Å². The third-order valence-corrected chi connectivity index (χ3v) is 3.50. The Balaban J connectivity index is 1.94. The number of carboxylic acid groups (broad SMARTS) is 1. The third-order valence-electron chi connectivity index (χ3n) is 3.50. The number of rotatable bonds is 4.